The van der Waals surface area contributed by atoms with Gasteiger partial charge < -0.3 is 21.4 Å². The van der Waals surface area contributed by atoms with Gasteiger partial charge in [0.25, 0.3) is 0 Å². The van der Waals surface area contributed by atoms with Crippen molar-refractivity contribution in [3.8, 4) is 5.75 Å². The van der Waals surface area contributed by atoms with Crippen LogP contribution >= 0.6 is 0 Å². The number of anilines is 1. The fourth-order valence-electron chi connectivity index (χ4n) is 2.82. The van der Waals surface area contributed by atoms with Gasteiger partial charge in [0.2, 0.25) is 5.91 Å². The summed E-state index contributed by atoms with van der Waals surface area (Å²) in [6.45, 7) is 0. The van der Waals surface area contributed by atoms with E-state index in [1.165, 1.54) is 5.56 Å². The maximum Gasteiger partial charge on any atom is 0.303 e. The number of carboxylic acid groups (broad SMARTS) is 1. The van der Waals surface area contributed by atoms with Crippen molar-refractivity contribution in [1.29, 1.82) is 0 Å². The van der Waals surface area contributed by atoms with E-state index >= 15 is 0 Å². The second kappa shape index (κ2) is 10.7. The van der Waals surface area contributed by atoms with Crippen molar-refractivity contribution in [2.75, 3.05) is 5.32 Å². The molecule has 0 fully saturated rings. The number of unbranched alkanes of at least 4 members (excludes halogenated alkanes) is 1. The number of para-hydroxylation sites is 1. The number of nitrogens with zero attached hydrogens (tertiary/aromatic N) is 1. The minimum atomic E-state index is -0.934. The van der Waals surface area contributed by atoms with Crippen molar-refractivity contribution in [2.24, 2.45) is 10.9 Å². The number of rotatable bonds is 10. The first kappa shape index (κ1) is 21.0. The lowest BCUT2D eigenvalue weighted by molar-refractivity contribution is -0.137. The van der Waals surface area contributed by atoms with Crippen LogP contribution in [0.1, 0.15) is 42.4 Å². The zero-order valence-corrected chi connectivity index (χ0v) is 15.6. The van der Waals surface area contributed by atoms with E-state index in [4.69, 9.17) is 10.9 Å². The van der Waals surface area contributed by atoms with Gasteiger partial charge >= 0.3 is 5.97 Å². The highest BCUT2D eigenvalue weighted by atomic mass is 16.4. The van der Waals surface area contributed by atoms with Gasteiger partial charge in [-0.3, -0.25) is 9.59 Å². The molecule has 0 aliphatic rings. The van der Waals surface area contributed by atoms with E-state index in [0.717, 1.165) is 24.8 Å². The zero-order chi connectivity index (χ0) is 20.4. The third-order valence-electron chi connectivity index (χ3n) is 4.32. The molecule has 0 aromatic heterocycles. The number of hydrogen-bond donors (Lipinski definition) is 4. The Balaban J connectivity index is 1.78. The number of amides is 1. The number of carbonyl (C=O) groups excluding carboxylic acids is 1. The number of phenols is 1. The lowest BCUT2D eigenvalue weighted by atomic mass is 10.0. The van der Waals surface area contributed by atoms with Crippen molar-refractivity contribution in [2.45, 2.75) is 38.5 Å². The highest BCUT2D eigenvalue weighted by molar-refractivity contribution is 5.92. The van der Waals surface area contributed by atoms with Gasteiger partial charge in [0, 0.05) is 12.8 Å². The smallest absolute Gasteiger partial charge is 0.303 e. The molecule has 0 heterocycles. The SMILES string of the molecule is NN=Cc1ccc(CCCCC(=O)Nc2cccc(CCC(=O)O)c2O)cc1. The average molecular weight is 383 g/mol. The largest absolute Gasteiger partial charge is 0.505 e. The Morgan fingerprint density at radius 1 is 1.04 bits per heavy atom. The number of hydrogen-bond acceptors (Lipinski definition) is 5. The Bertz CT molecular complexity index is 832. The molecule has 0 bridgehead atoms. The third kappa shape index (κ3) is 6.75. The number of benzene rings is 2. The molecule has 0 aliphatic carbocycles. The van der Waals surface area contributed by atoms with E-state index in [2.05, 4.69) is 10.4 Å². The fourth-order valence-corrected chi connectivity index (χ4v) is 2.82. The molecule has 5 N–H and O–H groups in total. The van der Waals surface area contributed by atoms with Crippen LogP contribution in [0.5, 0.6) is 5.75 Å². The average Bonchev–Trinajstić information content (AvgIpc) is 2.67. The maximum atomic E-state index is 12.1. The minimum absolute atomic E-state index is 0.0711. The van der Waals surface area contributed by atoms with Crippen LogP contribution in [0.15, 0.2) is 47.6 Å². The summed E-state index contributed by atoms with van der Waals surface area (Å²) in [5.41, 5.74) is 2.93. The molecule has 0 radical (unpaired) electrons. The maximum absolute atomic E-state index is 12.1. The van der Waals surface area contributed by atoms with E-state index in [-0.39, 0.29) is 24.5 Å². The second-order valence-corrected chi connectivity index (χ2v) is 6.48. The molecule has 0 saturated carbocycles. The number of aromatic hydroxyl groups is 1. The molecule has 0 spiro atoms. The predicted molar refractivity (Wildman–Crippen MR) is 108 cm³/mol. The molecule has 7 nitrogen and oxygen atoms in total. The molecule has 0 aliphatic heterocycles. The number of aryl methyl sites for hydroxylation is 2. The van der Waals surface area contributed by atoms with E-state index < -0.39 is 5.97 Å². The quantitative estimate of drug-likeness (QED) is 0.165. The molecular formula is C21H25N3O4. The Morgan fingerprint density at radius 3 is 2.46 bits per heavy atom. The van der Waals surface area contributed by atoms with Crippen LogP contribution in [0.25, 0.3) is 0 Å². The minimum Gasteiger partial charge on any atom is -0.505 e. The molecule has 0 unspecified atom stereocenters. The molecule has 2 rings (SSSR count). The molecule has 0 saturated heterocycles. The van der Waals surface area contributed by atoms with Crippen LogP contribution in [0.3, 0.4) is 0 Å². The van der Waals surface area contributed by atoms with Crippen LogP contribution in [-0.4, -0.2) is 28.3 Å². The number of phenolic OH excluding ortho intramolecular Hbond substituents is 1. The molecule has 2 aromatic rings. The van der Waals surface area contributed by atoms with Crippen molar-refractivity contribution in [1.82, 2.24) is 0 Å². The van der Waals surface area contributed by atoms with Gasteiger partial charge in [0.1, 0.15) is 5.75 Å². The second-order valence-electron chi connectivity index (χ2n) is 6.48. The first-order valence-electron chi connectivity index (χ1n) is 9.14. The first-order valence-corrected chi connectivity index (χ1v) is 9.14. The number of nitrogens with one attached hydrogen (secondary N) is 1. The number of carbonyl (C=O) groups is 2. The van der Waals surface area contributed by atoms with E-state index in [1.807, 2.05) is 24.3 Å². The van der Waals surface area contributed by atoms with Crippen LogP contribution < -0.4 is 11.2 Å². The number of hydrazone groups is 1. The number of nitrogens with two attached hydrogens (primary N) is 1. The van der Waals surface area contributed by atoms with Crippen LogP contribution in [0.2, 0.25) is 0 Å². The molecule has 1 amide bonds. The van der Waals surface area contributed by atoms with Gasteiger partial charge in [-0.1, -0.05) is 36.4 Å². The summed E-state index contributed by atoms with van der Waals surface area (Å²) in [4.78, 5) is 22.8. The molecule has 28 heavy (non-hydrogen) atoms. The fraction of sp³-hybridized carbons (Fsp3) is 0.286. The molecular weight excluding hydrogens is 358 g/mol. The number of carboxylic acids is 1. The van der Waals surface area contributed by atoms with Gasteiger partial charge in [0.15, 0.2) is 0 Å². The van der Waals surface area contributed by atoms with Crippen LogP contribution in [0, 0.1) is 0 Å². The summed E-state index contributed by atoms with van der Waals surface area (Å²) < 4.78 is 0. The molecule has 148 valence electrons. The van der Waals surface area contributed by atoms with E-state index in [1.54, 1.807) is 24.4 Å². The van der Waals surface area contributed by atoms with Crippen LogP contribution in [-0.2, 0) is 22.4 Å². The normalized spacial score (nSPS) is 10.9. The monoisotopic (exact) mass is 383 g/mol. The van der Waals surface area contributed by atoms with E-state index in [0.29, 0.717) is 17.7 Å². The van der Waals surface area contributed by atoms with Gasteiger partial charge in [-0.15, -0.1) is 0 Å². The standard InChI is InChI=1S/C21H25N3O4/c22-23-14-16-10-8-15(9-11-16)4-1-2-7-19(25)24-18-6-3-5-17(21(18)28)12-13-20(26)27/h3,5-6,8-11,14,28H,1-2,4,7,12-13,22H2,(H,24,25)(H,26,27). The van der Waals surface area contributed by atoms with Crippen molar-refractivity contribution in [3.63, 3.8) is 0 Å². The van der Waals surface area contributed by atoms with Gasteiger partial charge in [0.05, 0.1) is 11.9 Å². The van der Waals surface area contributed by atoms with Crippen molar-refractivity contribution in [3.05, 3.63) is 59.2 Å². The van der Waals surface area contributed by atoms with Gasteiger partial charge in [-0.25, -0.2) is 0 Å². The topological polar surface area (TPSA) is 125 Å². The summed E-state index contributed by atoms with van der Waals surface area (Å²) in [6, 6.07) is 12.8. The zero-order valence-electron chi connectivity index (χ0n) is 15.6. The molecule has 0 atom stereocenters. The highest BCUT2D eigenvalue weighted by Gasteiger charge is 2.11. The Hall–Kier alpha value is -3.35. The summed E-state index contributed by atoms with van der Waals surface area (Å²) in [7, 11) is 0. The molecule has 2 aromatic carbocycles. The number of aliphatic carboxylic acids is 1. The highest BCUT2D eigenvalue weighted by Crippen LogP contribution is 2.28. The summed E-state index contributed by atoms with van der Waals surface area (Å²) in [6.07, 6.45) is 4.51. The van der Waals surface area contributed by atoms with E-state index in [9.17, 15) is 14.7 Å². The van der Waals surface area contributed by atoms with Crippen molar-refractivity contribution >= 4 is 23.8 Å². The first-order chi connectivity index (χ1) is 13.5. The molecule has 7 heteroatoms. The lowest BCUT2D eigenvalue weighted by Gasteiger charge is -2.10. The Kier molecular flexibility index (Phi) is 8.02. The third-order valence-corrected chi connectivity index (χ3v) is 4.32. The summed E-state index contributed by atoms with van der Waals surface area (Å²) >= 11 is 0. The Morgan fingerprint density at radius 2 is 1.79 bits per heavy atom. The van der Waals surface area contributed by atoms with Gasteiger partial charge in [-0.2, -0.15) is 5.10 Å². The van der Waals surface area contributed by atoms with Crippen molar-refractivity contribution < 1.29 is 19.8 Å². The Labute approximate surface area is 163 Å². The predicted octanol–water partition coefficient (Wildman–Crippen LogP) is 3.05. The lowest BCUT2D eigenvalue weighted by Crippen LogP contribution is -2.11. The van der Waals surface area contributed by atoms with Gasteiger partial charge in [-0.05, 0) is 48.4 Å². The van der Waals surface area contributed by atoms with Crippen LogP contribution in [0.4, 0.5) is 5.69 Å². The summed E-state index contributed by atoms with van der Waals surface area (Å²) in [5, 5.41) is 25.1. The summed E-state index contributed by atoms with van der Waals surface area (Å²) in [5.74, 6) is 3.93.